The first-order chi connectivity index (χ1) is 8.45. The third kappa shape index (κ3) is 3.63. The molecule has 0 fully saturated rings. The summed E-state index contributed by atoms with van der Waals surface area (Å²) in [5.41, 5.74) is 0.665. The summed E-state index contributed by atoms with van der Waals surface area (Å²) in [6.07, 6.45) is 0.300. The minimum absolute atomic E-state index is 0.0901. The Morgan fingerprint density at radius 1 is 1.44 bits per heavy atom. The van der Waals surface area contributed by atoms with Gasteiger partial charge >= 0.3 is 5.97 Å². The summed E-state index contributed by atoms with van der Waals surface area (Å²) in [4.78, 5) is 24.0. The number of anilines is 1. The zero-order valence-corrected chi connectivity index (χ0v) is 11.0. The molecule has 0 aliphatic rings. The molecule has 1 amide bonds. The van der Waals surface area contributed by atoms with Gasteiger partial charge < -0.3 is 15.3 Å². The quantitative estimate of drug-likeness (QED) is 0.853. The normalized spacial score (nSPS) is 9.94. The summed E-state index contributed by atoms with van der Waals surface area (Å²) in [5.74, 6) is -1.13. The molecule has 0 saturated carbocycles. The van der Waals surface area contributed by atoms with Gasteiger partial charge in [-0.3, -0.25) is 4.79 Å². The summed E-state index contributed by atoms with van der Waals surface area (Å²) < 4.78 is 0. The van der Waals surface area contributed by atoms with Crippen LogP contribution in [0.15, 0.2) is 18.2 Å². The maximum absolute atomic E-state index is 11.1. The Morgan fingerprint density at radius 3 is 2.67 bits per heavy atom. The van der Waals surface area contributed by atoms with Gasteiger partial charge in [0.05, 0.1) is 11.3 Å². The van der Waals surface area contributed by atoms with Gasteiger partial charge in [-0.15, -0.1) is 0 Å². The second kappa shape index (κ2) is 6.26. The maximum Gasteiger partial charge on any atom is 0.337 e. The smallest absolute Gasteiger partial charge is 0.337 e. The second-order valence-electron chi connectivity index (χ2n) is 3.81. The van der Waals surface area contributed by atoms with Crippen LogP contribution >= 0.6 is 11.6 Å². The number of carbonyl (C=O) groups is 2. The average molecular weight is 271 g/mol. The molecule has 0 heterocycles. The summed E-state index contributed by atoms with van der Waals surface area (Å²) >= 11 is 5.77. The molecule has 0 spiro atoms. The topological polar surface area (TPSA) is 69.6 Å². The number of halogens is 1. The number of nitrogens with zero attached hydrogens (tertiary/aromatic N) is 1. The zero-order valence-electron chi connectivity index (χ0n) is 10.2. The number of carboxylic acid groups (broad SMARTS) is 1. The second-order valence-corrected chi connectivity index (χ2v) is 4.25. The van der Waals surface area contributed by atoms with Crippen LogP contribution in [0, 0.1) is 0 Å². The van der Waals surface area contributed by atoms with Crippen LogP contribution in [0.3, 0.4) is 0 Å². The van der Waals surface area contributed by atoms with Crippen molar-refractivity contribution < 1.29 is 14.7 Å². The van der Waals surface area contributed by atoms with Crippen molar-refractivity contribution in [3.8, 4) is 0 Å². The molecule has 6 heteroatoms. The van der Waals surface area contributed by atoms with Crippen LogP contribution < -0.4 is 10.2 Å². The molecular weight excluding hydrogens is 256 g/mol. The van der Waals surface area contributed by atoms with Crippen molar-refractivity contribution in [3.05, 3.63) is 28.8 Å². The van der Waals surface area contributed by atoms with Gasteiger partial charge in [-0.25, -0.2) is 4.79 Å². The lowest BCUT2D eigenvalue weighted by Gasteiger charge is -2.20. The van der Waals surface area contributed by atoms with Crippen molar-refractivity contribution in [2.45, 2.75) is 6.42 Å². The van der Waals surface area contributed by atoms with E-state index in [0.29, 0.717) is 23.7 Å². The number of aromatic carboxylic acids is 1. The fraction of sp³-hybridized carbons (Fsp3) is 0.333. The number of amides is 1. The predicted octanol–water partition coefficient (Wildman–Crippen LogP) is 1.61. The first-order valence-electron chi connectivity index (χ1n) is 5.40. The van der Waals surface area contributed by atoms with E-state index in [1.807, 2.05) is 0 Å². The van der Waals surface area contributed by atoms with Crippen LogP contribution in [0.1, 0.15) is 16.8 Å². The van der Waals surface area contributed by atoms with Crippen LogP contribution in [-0.4, -0.2) is 37.6 Å². The van der Waals surface area contributed by atoms with Crippen LogP contribution in [0.4, 0.5) is 5.69 Å². The summed E-state index contributed by atoms with van der Waals surface area (Å²) in [6.45, 7) is 0.432. The van der Waals surface area contributed by atoms with Gasteiger partial charge in [0, 0.05) is 32.1 Å². The molecule has 0 aliphatic carbocycles. The summed E-state index contributed by atoms with van der Waals surface area (Å²) in [5, 5.41) is 12.0. The van der Waals surface area contributed by atoms with Crippen LogP contribution in [-0.2, 0) is 4.79 Å². The predicted molar refractivity (Wildman–Crippen MR) is 70.4 cm³/mol. The van der Waals surface area contributed by atoms with E-state index in [4.69, 9.17) is 16.7 Å². The molecule has 0 atom stereocenters. The minimum atomic E-state index is -1.04. The monoisotopic (exact) mass is 270 g/mol. The number of benzene rings is 1. The highest BCUT2D eigenvalue weighted by molar-refractivity contribution is 6.31. The number of hydrogen-bond acceptors (Lipinski definition) is 3. The number of nitrogens with one attached hydrogen (secondary N) is 1. The highest BCUT2D eigenvalue weighted by atomic mass is 35.5. The molecule has 1 aromatic rings. The highest BCUT2D eigenvalue weighted by Crippen LogP contribution is 2.23. The lowest BCUT2D eigenvalue weighted by Crippen LogP contribution is -2.27. The number of carbonyl (C=O) groups excluding carboxylic acids is 1. The van der Waals surface area contributed by atoms with Crippen molar-refractivity contribution in [1.82, 2.24) is 5.32 Å². The minimum Gasteiger partial charge on any atom is -0.478 e. The Kier molecular flexibility index (Phi) is 4.97. The van der Waals surface area contributed by atoms with Gasteiger partial charge in [-0.1, -0.05) is 11.6 Å². The van der Waals surface area contributed by atoms with Gasteiger partial charge in [-0.05, 0) is 18.2 Å². The fourth-order valence-electron chi connectivity index (χ4n) is 1.53. The molecule has 18 heavy (non-hydrogen) atoms. The van der Waals surface area contributed by atoms with Gasteiger partial charge in [0.25, 0.3) is 0 Å². The maximum atomic E-state index is 11.1. The van der Waals surface area contributed by atoms with Crippen molar-refractivity contribution >= 4 is 29.2 Å². The van der Waals surface area contributed by atoms with Crippen LogP contribution in [0.25, 0.3) is 0 Å². The molecule has 1 aromatic carbocycles. The molecule has 0 aliphatic heterocycles. The third-order valence-electron chi connectivity index (χ3n) is 2.55. The molecule has 2 N–H and O–H groups in total. The van der Waals surface area contributed by atoms with Crippen molar-refractivity contribution in [2.75, 3.05) is 25.5 Å². The molecule has 0 saturated heterocycles. The van der Waals surface area contributed by atoms with E-state index in [0.717, 1.165) is 0 Å². The average Bonchev–Trinajstić information content (AvgIpc) is 2.35. The first-order valence-corrected chi connectivity index (χ1v) is 5.78. The van der Waals surface area contributed by atoms with Gasteiger partial charge in [0.2, 0.25) is 5.91 Å². The highest BCUT2D eigenvalue weighted by Gasteiger charge is 2.14. The molecule has 1 rings (SSSR count). The molecule has 0 aromatic heterocycles. The van der Waals surface area contributed by atoms with E-state index >= 15 is 0 Å². The largest absolute Gasteiger partial charge is 0.478 e. The van der Waals surface area contributed by atoms with E-state index in [9.17, 15) is 9.59 Å². The first kappa shape index (κ1) is 14.3. The van der Waals surface area contributed by atoms with Crippen LogP contribution in [0.5, 0.6) is 0 Å². The van der Waals surface area contributed by atoms with E-state index in [2.05, 4.69) is 5.32 Å². The van der Waals surface area contributed by atoms with Gasteiger partial charge in [-0.2, -0.15) is 0 Å². The zero-order chi connectivity index (χ0) is 13.7. The lowest BCUT2D eigenvalue weighted by atomic mass is 10.1. The summed E-state index contributed by atoms with van der Waals surface area (Å²) in [7, 11) is 3.30. The Labute approximate surface area is 110 Å². The molecule has 0 unspecified atom stereocenters. The Bertz CT molecular complexity index is 463. The van der Waals surface area contributed by atoms with E-state index in [1.165, 1.54) is 6.07 Å². The van der Waals surface area contributed by atoms with Crippen LogP contribution in [0.2, 0.25) is 5.02 Å². The number of hydrogen-bond donors (Lipinski definition) is 2. The van der Waals surface area contributed by atoms with Gasteiger partial charge in [0.15, 0.2) is 0 Å². The van der Waals surface area contributed by atoms with Gasteiger partial charge in [0.1, 0.15) is 0 Å². The third-order valence-corrected chi connectivity index (χ3v) is 2.79. The Morgan fingerprint density at radius 2 is 2.11 bits per heavy atom. The molecule has 0 radical (unpaired) electrons. The Hall–Kier alpha value is -1.75. The summed E-state index contributed by atoms with van der Waals surface area (Å²) in [6, 6.07) is 4.66. The molecule has 0 bridgehead atoms. The van der Waals surface area contributed by atoms with E-state index in [1.54, 1.807) is 31.1 Å². The van der Waals surface area contributed by atoms with E-state index in [-0.39, 0.29) is 11.5 Å². The SMILES string of the molecule is CNC(=O)CCN(C)c1ccc(Cl)cc1C(=O)O. The Balaban J connectivity index is 2.88. The molecule has 98 valence electrons. The standard InChI is InChI=1S/C12H15ClN2O3/c1-14-11(16)5-6-15(2)10-4-3-8(13)7-9(10)12(17)18/h3-4,7H,5-6H2,1-2H3,(H,14,16)(H,17,18). The molecule has 5 nitrogen and oxygen atoms in total. The lowest BCUT2D eigenvalue weighted by molar-refractivity contribution is -0.120. The van der Waals surface area contributed by atoms with E-state index < -0.39 is 5.97 Å². The van der Waals surface area contributed by atoms with Crippen molar-refractivity contribution in [1.29, 1.82) is 0 Å². The number of carboxylic acids is 1. The van der Waals surface area contributed by atoms with Crippen molar-refractivity contribution in [2.24, 2.45) is 0 Å². The fourth-order valence-corrected chi connectivity index (χ4v) is 1.70. The molecular formula is C12H15ClN2O3. The number of rotatable bonds is 5. The van der Waals surface area contributed by atoms with Crippen molar-refractivity contribution in [3.63, 3.8) is 0 Å².